The predicted octanol–water partition coefficient (Wildman–Crippen LogP) is 3.10. The second kappa shape index (κ2) is 9.20. The molecule has 3 aliphatic rings. The van der Waals surface area contributed by atoms with Crippen molar-refractivity contribution in [2.45, 2.75) is 49.1 Å². The summed E-state index contributed by atoms with van der Waals surface area (Å²) in [4.78, 5) is 15.7. The van der Waals surface area contributed by atoms with Crippen LogP contribution in [0.3, 0.4) is 0 Å². The molecule has 2 bridgehead atoms. The van der Waals surface area contributed by atoms with Crippen LogP contribution >= 0.6 is 24.2 Å². The number of rotatable bonds is 4. The summed E-state index contributed by atoms with van der Waals surface area (Å²) < 4.78 is 11.4. The number of amides is 1. The Morgan fingerprint density at radius 2 is 1.96 bits per heavy atom. The zero-order chi connectivity index (χ0) is 17.1. The van der Waals surface area contributed by atoms with Gasteiger partial charge in [0.2, 0.25) is 5.91 Å². The van der Waals surface area contributed by atoms with E-state index in [1.54, 1.807) is 11.8 Å². The van der Waals surface area contributed by atoms with Crippen LogP contribution in [0.4, 0.5) is 0 Å². The maximum Gasteiger partial charge on any atom is 0.223 e. The Morgan fingerprint density at radius 3 is 2.85 bits per heavy atom. The van der Waals surface area contributed by atoms with E-state index in [1.807, 2.05) is 12.1 Å². The molecule has 2 saturated heterocycles. The second-order valence-electron chi connectivity index (χ2n) is 7.02. The quantitative estimate of drug-likeness (QED) is 0.790. The summed E-state index contributed by atoms with van der Waals surface area (Å²) in [7, 11) is 0. The molecule has 5 nitrogen and oxygen atoms in total. The van der Waals surface area contributed by atoms with E-state index < -0.39 is 0 Å². The Labute approximate surface area is 165 Å². The number of ether oxygens (including phenoxy) is 2. The topological polar surface area (TPSA) is 50.8 Å². The van der Waals surface area contributed by atoms with Gasteiger partial charge in [0.25, 0.3) is 0 Å². The third-order valence-electron chi connectivity index (χ3n) is 5.18. The molecule has 3 aliphatic heterocycles. The highest BCUT2D eigenvalue weighted by molar-refractivity contribution is 7.99. The van der Waals surface area contributed by atoms with Crippen molar-refractivity contribution in [3.8, 4) is 11.5 Å². The normalized spacial score (nSPS) is 24.4. The maximum absolute atomic E-state index is 12.5. The lowest BCUT2D eigenvalue weighted by atomic mass is 10.1. The molecule has 3 heterocycles. The van der Waals surface area contributed by atoms with Crippen LogP contribution < -0.4 is 14.8 Å². The largest absolute Gasteiger partial charge is 0.490 e. The molecule has 0 aromatic heterocycles. The van der Waals surface area contributed by atoms with Crippen molar-refractivity contribution < 1.29 is 14.3 Å². The highest BCUT2D eigenvalue weighted by Gasteiger charge is 2.30. The zero-order valence-electron chi connectivity index (χ0n) is 14.9. The van der Waals surface area contributed by atoms with Gasteiger partial charge in [-0.3, -0.25) is 4.79 Å². The minimum atomic E-state index is 0. The average molecular weight is 399 g/mol. The van der Waals surface area contributed by atoms with Gasteiger partial charge >= 0.3 is 0 Å². The SMILES string of the molecule is Cl.O=C(CCSc1ccc2c(c1)OCCCO2)N1CCC2CCC(C1)N2. The van der Waals surface area contributed by atoms with E-state index in [0.717, 1.165) is 48.1 Å². The first-order chi connectivity index (χ1) is 12.3. The molecule has 0 spiro atoms. The van der Waals surface area contributed by atoms with Gasteiger partial charge in [0.15, 0.2) is 11.5 Å². The lowest BCUT2D eigenvalue weighted by molar-refractivity contribution is -0.130. The van der Waals surface area contributed by atoms with Crippen molar-refractivity contribution in [3.63, 3.8) is 0 Å². The molecule has 0 aliphatic carbocycles. The lowest BCUT2D eigenvalue weighted by Crippen LogP contribution is -2.39. The number of likely N-dealkylation sites (tertiary alicyclic amines) is 1. The molecule has 0 radical (unpaired) electrons. The van der Waals surface area contributed by atoms with Gasteiger partial charge in [-0.2, -0.15) is 0 Å². The molecule has 2 fully saturated rings. The Morgan fingerprint density at radius 1 is 1.15 bits per heavy atom. The summed E-state index contributed by atoms with van der Waals surface area (Å²) in [6.45, 7) is 3.19. The third kappa shape index (κ3) is 4.78. The Hall–Kier alpha value is -1.11. The van der Waals surface area contributed by atoms with Gasteiger partial charge < -0.3 is 19.7 Å². The van der Waals surface area contributed by atoms with Crippen molar-refractivity contribution in [2.75, 3.05) is 32.1 Å². The number of fused-ring (bicyclic) bond motifs is 3. The zero-order valence-corrected chi connectivity index (χ0v) is 16.6. The Balaban J connectivity index is 0.00000196. The number of thioether (sulfide) groups is 1. The highest BCUT2D eigenvalue weighted by Crippen LogP contribution is 2.34. The number of nitrogens with one attached hydrogen (secondary N) is 1. The van der Waals surface area contributed by atoms with Gasteiger partial charge in [0, 0.05) is 48.7 Å². The minimum Gasteiger partial charge on any atom is -0.490 e. The molecule has 4 rings (SSSR count). The van der Waals surface area contributed by atoms with Gasteiger partial charge in [0.05, 0.1) is 13.2 Å². The van der Waals surface area contributed by atoms with Crippen LogP contribution in [-0.4, -0.2) is 54.9 Å². The predicted molar refractivity (Wildman–Crippen MR) is 106 cm³/mol. The number of halogens is 1. The van der Waals surface area contributed by atoms with Crippen molar-refractivity contribution in [1.29, 1.82) is 0 Å². The summed E-state index contributed by atoms with van der Waals surface area (Å²) in [6.07, 6.45) is 5.08. The molecule has 1 N–H and O–H groups in total. The summed E-state index contributed by atoms with van der Waals surface area (Å²) in [6, 6.07) is 7.19. The first kappa shape index (κ1) is 19.6. The van der Waals surface area contributed by atoms with Crippen LogP contribution in [0.25, 0.3) is 0 Å². The monoisotopic (exact) mass is 398 g/mol. The van der Waals surface area contributed by atoms with E-state index in [9.17, 15) is 4.79 Å². The smallest absolute Gasteiger partial charge is 0.223 e. The molecular formula is C19H27ClN2O3S. The van der Waals surface area contributed by atoms with E-state index >= 15 is 0 Å². The van der Waals surface area contributed by atoms with Crippen molar-refractivity contribution in [2.24, 2.45) is 0 Å². The number of hydrogen-bond donors (Lipinski definition) is 1. The van der Waals surface area contributed by atoms with E-state index in [1.165, 1.54) is 12.8 Å². The van der Waals surface area contributed by atoms with Crippen LogP contribution in [0.15, 0.2) is 23.1 Å². The van der Waals surface area contributed by atoms with E-state index in [-0.39, 0.29) is 18.3 Å². The summed E-state index contributed by atoms with van der Waals surface area (Å²) in [5.41, 5.74) is 0. The molecule has 7 heteroatoms. The molecule has 1 amide bonds. The fraction of sp³-hybridized carbons (Fsp3) is 0.632. The number of hydrogen-bond acceptors (Lipinski definition) is 5. The first-order valence-electron chi connectivity index (χ1n) is 9.34. The molecule has 26 heavy (non-hydrogen) atoms. The van der Waals surface area contributed by atoms with Gasteiger partial charge in [-0.1, -0.05) is 0 Å². The van der Waals surface area contributed by atoms with Gasteiger partial charge in [0.1, 0.15) is 0 Å². The van der Waals surface area contributed by atoms with Crippen LogP contribution in [0.5, 0.6) is 11.5 Å². The Kier molecular flexibility index (Phi) is 6.95. The van der Waals surface area contributed by atoms with Gasteiger partial charge in [-0.15, -0.1) is 24.2 Å². The average Bonchev–Trinajstić information content (AvgIpc) is 2.81. The number of carbonyl (C=O) groups excluding carboxylic acids is 1. The molecule has 0 saturated carbocycles. The van der Waals surface area contributed by atoms with Gasteiger partial charge in [-0.25, -0.2) is 0 Å². The number of benzene rings is 1. The molecule has 1 aromatic rings. The molecule has 2 unspecified atom stereocenters. The molecule has 1 aromatic carbocycles. The molecule has 2 atom stereocenters. The number of nitrogens with zero attached hydrogens (tertiary/aromatic N) is 1. The highest BCUT2D eigenvalue weighted by atomic mass is 35.5. The van der Waals surface area contributed by atoms with Crippen LogP contribution in [0.1, 0.15) is 32.1 Å². The fourth-order valence-corrected chi connectivity index (χ4v) is 4.68. The maximum atomic E-state index is 12.5. The van der Waals surface area contributed by atoms with E-state index in [4.69, 9.17) is 9.47 Å². The lowest BCUT2D eigenvalue weighted by Gasteiger charge is -2.24. The first-order valence-corrected chi connectivity index (χ1v) is 10.3. The Bertz CT molecular complexity index is 631. The van der Waals surface area contributed by atoms with Crippen molar-refractivity contribution >= 4 is 30.1 Å². The van der Waals surface area contributed by atoms with Crippen LogP contribution in [0, 0.1) is 0 Å². The van der Waals surface area contributed by atoms with Gasteiger partial charge in [-0.05, 0) is 37.5 Å². The van der Waals surface area contributed by atoms with Crippen molar-refractivity contribution in [3.05, 3.63) is 18.2 Å². The summed E-state index contributed by atoms with van der Waals surface area (Å²) >= 11 is 1.71. The second-order valence-corrected chi connectivity index (χ2v) is 8.19. The summed E-state index contributed by atoms with van der Waals surface area (Å²) in [5.74, 6) is 2.74. The minimum absolute atomic E-state index is 0. The summed E-state index contributed by atoms with van der Waals surface area (Å²) in [5, 5.41) is 3.63. The molecule has 144 valence electrons. The van der Waals surface area contributed by atoms with E-state index in [0.29, 0.717) is 31.7 Å². The standard InChI is InChI=1S/C19H26N2O3S.ClH/c22-19(21-8-6-14-2-3-15(13-21)20-14)7-11-25-16-4-5-17-18(12-16)24-10-1-9-23-17;/h4-5,12,14-15,20H,1-3,6-11,13H2;1H. The number of carbonyl (C=O) groups is 1. The molecular weight excluding hydrogens is 372 g/mol. The van der Waals surface area contributed by atoms with E-state index in [2.05, 4.69) is 16.3 Å². The van der Waals surface area contributed by atoms with Crippen LogP contribution in [-0.2, 0) is 4.79 Å². The third-order valence-corrected chi connectivity index (χ3v) is 6.18. The van der Waals surface area contributed by atoms with Crippen LogP contribution in [0.2, 0.25) is 0 Å². The van der Waals surface area contributed by atoms with Crippen molar-refractivity contribution in [1.82, 2.24) is 10.2 Å². The fourth-order valence-electron chi connectivity index (χ4n) is 3.82.